The van der Waals surface area contributed by atoms with Gasteiger partial charge in [-0.2, -0.15) is 0 Å². The van der Waals surface area contributed by atoms with Crippen LogP contribution in [0.5, 0.6) is 0 Å². The largest absolute Gasteiger partial charge is 0.326 e. The van der Waals surface area contributed by atoms with Crippen LogP contribution in [0.1, 0.15) is 28.8 Å². The Balaban J connectivity index is 1.62. The summed E-state index contributed by atoms with van der Waals surface area (Å²) in [6.45, 7) is 3.97. The molecule has 0 saturated heterocycles. The van der Waals surface area contributed by atoms with E-state index in [1.54, 1.807) is 10.8 Å². The van der Waals surface area contributed by atoms with Gasteiger partial charge < -0.3 is 5.32 Å². The van der Waals surface area contributed by atoms with Crippen LogP contribution in [-0.2, 0) is 4.79 Å². The maximum atomic E-state index is 12.4. The summed E-state index contributed by atoms with van der Waals surface area (Å²) in [6, 6.07) is 15.5. The minimum atomic E-state index is -0.147. The lowest BCUT2D eigenvalue weighted by molar-refractivity contribution is -0.116. The molecule has 0 aliphatic carbocycles. The number of amides is 1. The van der Waals surface area contributed by atoms with Crippen molar-refractivity contribution < 1.29 is 9.59 Å². The third-order valence-electron chi connectivity index (χ3n) is 4.09. The third-order valence-corrected chi connectivity index (χ3v) is 4.09. The van der Waals surface area contributed by atoms with Crippen molar-refractivity contribution in [2.24, 2.45) is 0 Å². The van der Waals surface area contributed by atoms with Gasteiger partial charge >= 0.3 is 0 Å². The maximum absolute atomic E-state index is 12.4. The molecular weight excluding hydrogens is 300 g/mol. The molecule has 0 aliphatic rings. The van der Waals surface area contributed by atoms with Crippen LogP contribution in [0.25, 0.3) is 10.9 Å². The second kappa shape index (κ2) is 6.71. The van der Waals surface area contributed by atoms with E-state index in [4.69, 9.17) is 0 Å². The van der Waals surface area contributed by atoms with Gasteiger partial charge in [0.15, 0.2) is 0 Å². The lowest BCUT2D eigenvalue weighted by atomic mass is 10.1. The summed E-state index contributed by atoms with van der Waals surface area (Å²) in [4.78, 5) is 24.5. The average Bonchev–Trinajstić information content (AvgIpc) is 2.99. The molecule has 1 amide bonds. The van der Waals surface area contributed by atoms with E-state index in [1.807, 2.05) is 62.4 Å². The Morgan fingerprint density at radius 2 is 1.79 bits per heavy atom. The van der Waals surface area contributed by atoms with E-state index in [1.165, 1.54) is 0 Å². The molecule has 122 valence electrons. The van der Waals surface area contributed by atoms with Crippen molar-refractivity contribution in [3.63, 3.8) is 0 Å². The van der Waals surface area contributed by atoms with E-state index in [-0.39, 0.29) is 24.7 Å². The van der Waals surface area contributed by atoms with Gasteiger partial charge in [-0.3, -0.25) is 14.2 Å². The predicted octanol–water partition coefficient (Wildman–Crippen LogP) is 4.32. The van der Waals surface area contributed by atoms with E-state index in [0.29, 0.717) is 0 Å². The second-order valence-corrected chi connectivity index (χ2v) is 6.00. The lowest BCUT2D eigenvalue weighted by Gasteiger charge is -2.09. The van der Waals surface area contributed by atoms with Gasteiger partial charge in [0.05, 0.1) is 5.52 Å². The monoisotopic (exact) mass is 320 g/mol. The molecule has 0 bridgehead atoms. The molecule has 1 aromatic heterocycles. The molecule has 1 N–H and O–H groups in total. The number of nitrogens with zero attached hydrogens (tertiary/aromatic N) is 1. The smallest absolute Gasteiger partial charge is 0.231 e. The molecular formula is C20H20N2O2. The number of aromatic nitrogens is 1. The number of fused-ring (bicyclic) bond motifs is 1. The molecule has 3 aromatic rings. The van der Waals surface area contributed by atoms with E-state index < -0.39 is 0 Å². The van der Waals surface area contributed by atoms with E-state index in [0.717, 1.165) is 27.7 Å². The minimum absolute atomic E-state index is 0.0769. The Bertz CT molecular complexity index is 909. The zero-order valence-corrected chi connectivity index (χ0v) is 13.9. The Kier molecular flexibility index (Phi) is 4.47. The van der Waals surface area contributed by atoms with Gasteiger partial charge in [0.1, 0.15) is 0 Å². The van der Waals surface area contributed by atoms with Gasteiger partial charge in [-0.25, -0.2) is 0 Å². The van der Waals surface area contributed by atoms with E-state index in [9.17, 15) is 9.59 Å². The van der Waals surface area contributed by atoms with Gasteiger partial charge in [0.25, 0.3) is 0 Å². The topological polar surface area (TPSA) is 51.1 Å². The molecule has 3 rings (SSSR count). The van der Waals surface area contributed by atoms with Crippen LogP contribution >= 0.6 is 0 Å². The Hall–Kier alpha value is -2.88. The van der Waals surface area contributed by atoms with Crippen LogP contribution < -0.4 is 5.32 Å². The maximum Gasteiger partial charge on any atom is 0.231 e. The van der Waals surface area contributed by atoms with Crippen molar-refractivity contribution in [3.05, 3.63) is 65.9 Å². The molecule has 0 spiro atoms. The summed E-state index contributed by atoms with van der Waals surface area (Å²) < 4.78 is 1.61. The van der Waals surface area contributed by atoms with Crippen molar-refractivity contribution >= 4 is 28.4 Å². The molecule has 0 aliphatic heterocycles. The standard InChI is InChI=1S/C20H20N2O2/c1-14-7-8-17(15(2)13-14)21-19(23)9-10-20(24)22-12-11-16-5-3-4-6-18(16)22/h3-8,11-13H,9-10H2,1-2H3,(H,21,23). The van der Waals surface area contributed by atoms with Gasteiger partial charge in [-0.05, 0) is 37.6 Å². The first-order valence-corrected chi connectivity index (χ1v) is 8.01. The highest BCUT2D eigenvalue weighted by molar-refractivity contribution is 5.97. The first-order chi connectivity index (χ1) is 11.5. The number of para-hydroxylation sites is 1. The molecule has 4 heteroatoms. The summed E-state index contributed by atoms with van der Waals surface area (Å²) in [7, 11) is 0. The number of nitrogens with one attached hydrogen (secondary N) is 1. The second-order valence-electron chi connectivity index (χ2n) is 6.00. The first kappa shape index (κ1) is 16.0. The van der Waals surface area contributed by atoms with Gasteiger partial charge in [-0.15, -0.1) is 0 Å². The van der Waals surface area contributed by atoms with Gasteiger partial charge in [0.2, 0.25) is 11.8 Å². The number of carbonyl (C=O) groups is 2. The number of hydrogen-bond acceptors (Lipinski definition) is 2. The fourth-order valence-electron chi connectivity index (χ4n) is 2.81. The third kappa shape index (κ3) is 3.38. The molecule has 4 nitrogen and oxygen atoms in total. The molecule has 0 saturated carbocycles. The highest BCUT2D eigenvalue weighted by Crippen LogP contribution is 2.18. The lowest BCUT2D eigenvalue weighted by Crippen LogP contribution is -2.16. The summed E-state index contributed by atoms with van der Waals surface area (Å²) in [5, 5.41) is 3.89. The SMILES string of the molecule is Cc1ccc(NC(=O)CCC(=O)n2ccc3ccccc32)c(C)c1. The van der Waals surface area contributed by atoms with Crippen LogP contribution in [0, 0.1) is 13.8 Å². The number of aryl methyl sites for hydroxylation is 2. The zero-order valence-electron chi connectivity index (χ0n) is 13.9. The Morgan fingerprint density at radius 3 is 2.58 bits per heavy atom. The molecule has 1 heterocycles. The van der Waals surface area contributed by atoms with E-state index >= 15 is 0 Å². The fourth-order valence-corrected chi connectivity index (χ4v) is 2.81. The Labute approximate surface area is 141 Å². The number of benzene rings is 2. The van der Waals surface area contributed by atoms with Gasteiger partial charge in [-0.1, -0.05) is 35.9 Å². The van der Waals surface area contributed by atoms with Crippen molar-refractivity contribution in [1.29, 1.82) is 0 Å². The molecule has 24 heavy (non-hydrogen) atoms. The van der Waals surface area contributed by atoms with Crippen molar-refractivity contribution in [1.82, 2.24) is 4.57 Å². The number of rotatable bonds is 4. The normalized spacial score (nSPS) is 10.8. The highest BCUT2D eigenvalue weighted by atomic mass is 16.2. The van der Waals surface area contributed by atoms with Crippen LogP contribution in [0.2, 0.25) is 0 Å². The summed E-state index contributed by atoms with van der Waals surface area (Å²) in [6.07, 6.45) is 2.10. The molecule has 2 aromatic carbocycles. The van der Waals surface area contributed by atoms with Gasteiger partial charge in [0, 0.05) is 30.1 Å². The fraction of sp³-hybridized carbons (Fsp3) is 0.200. The molecule has 0 unspecified atom stereocenters. The number of hydrogen-bond donors (Lipinski definition) is 1. The van der Waals surface area contributed by atoms with Crippen molar-refractivity contribution in [2.75, 3.05) is 5.32 Å². The minimum Gasteiger partial charge on any atom is -0.326 e. The average molecular weight is 320 g/mol. The summed E-state index contributed by atoms with van der Waals surface area (Å²) >= 11 is 0. The molecule has 0 atom stereocenters. The number of carbonyl (C=O) groups excluding carboxylic acids is 2. The quantitative estimate of drug-likeness (QED) is 0.778. The zero-order chi connectivity index (χ0) is 17.1. The highest BCUT2D eigenvalue weighted by Gasteiger charge is 2.12. The van der Waals surface area contributed by atoms with Crippen LogP contribution in [0.15, 0.2) is 54.7 Å². The van der Waals surface area contributed by atoms with Crippen molar-refractivity contribution in [2.45, 2.75) is 26.7 Å². The van der Waals surface area contributed by atoms with Crippen molar-refractivity contribution in [3.8, 4) is 0 Å². The molecule has 0 fully saturated rings. The summed E-state index contributed by atoms with van der Waals surface area (Å²) in [5.41, 5.74) is 3.84. The predicted molar refractivity (Wildman–Crippen MR) is 96.3 cm³/mol. The first-order valence-electron chi connectivity index (χ1n) is 8.01. The molecule has 0 radical (unpaired) electrons. The van der Waals surface area contributed by atoms with Crippen LogP contribution in [-0.4, -0.2) is 16.4 Å². The summed E-state index contributed by atoms with van der Waals surface area (Å²) in [5.74, 6) is -0.223. The van der Waals surface area contributed by atoms with Crippen LogP contribution in [0.3, 0.4) is 0 Å². The van der Waals surface area contributed by atoms with Crippen LogP contribution in [0.4, 0.5) is 5.69 Å². The number of anilines is 1. The Morgan fingerprint density at radius 1 is 1.00 bits per heavy atom. The van der Waals surface area contributed by atoms with E-state index in [2.05, 4.69) is 5.32 Å².